The fourth-order valence-electron chi connectivity index (χ4n) is 4.53. The van der Waals surface area contributed by atoms with Gasteiger partial charge in [0.25, 0.3) is 0 Å². The van der Waals surface area contributed by atoms with Gasteiger partial charge in [-0.2, -0.15) is 0 Å². The predicted molar refractivity (Wildman–Crippen MR) is 122 cm³/mol. The second kappa shape index (κ2) is 7.84. The maximum atomic E-state index is 12.8. The number of aromatic nitrogens is 1. The van der Waals surface area contributed by atoms with Gasteiger partial charge in [0.1, 0.15) is 0 Å². The fraction of sp³-hybridized carbons (Fsp3) is 0.192. The lowest BCUT2D eigenvalue weighted by Gasteiger charge is -2.17. The Balaban J connectivity index is 1.68. The minimum atomic E-state index is -0.0806. The largest absolute Gasteiger partial charge is 0.493 e. The van der Waals surface area contributed by atoms with E-state index in [1.54, 1.807) is 14.2 Å². The van der Waals surface area contributed by atoms with Gasteiger partial charge in [0.2, 0.25) is 5.91 Å². The molecule has 1 aromatic heterocycles. The lowest BCUT2D eigenvalue weighted by Crippen LogP contribution is -2.14. The zero-order valence-electron chi connectivity index (χ0n) is 17.6. The van der Waals surface area contributed by atoms with Gasteiger partial charge in [0.05, 0.1) is 25.4 Å². The maximum absolute atomic E-state index is 12.8. The highest BCUT2D eigenvalue weighted by Gasteiger charge is 2.28. The highest BCUT2D eigenvalue weighted by Crippen LogP contribution is 2.42. The zero-order valence-corrected chi connectivity index (χ0v) is 17.6. The van der Waals surface area contributed by atoms with Gasteiger partial charge in [-0.05, 0) is 41.0 Å². The molecule has 156 valence electrons. The molecule has 1 aliphatic heterocycles. The van der Waals surface area contributed by atoms with Crippen molar-refractivity contribution in [1.82, 2.24) is 4.57 Å². The maximum Gasteiger partial charge on any atom is 0.225 e. The molecule has 0 fully saturated rings. The lowest BCUT2D eigenvalue weighted by atomic mass is 9.88. The van der Waals surface area contributed by atoms with Crippen LogP contribution in [0.3, 0.4) is 0 Å². The highest BCUT2D eigenvalue weighted by atomic mass is 16.5. The van der Waals surface area contributed by atoms with Crippen LogP contribution < -0.4 is 14.8 Å². The normalized spacial score (nSPS) is 15.4. The molecular weight excluding hydrogens is 388 g/mol. The van der Waals surface area contributed by atoms with E-state index < -0.39 is 0 Å². The first kappa shape index (κ1) is 19.2. The van der Waals surface area contributed by atoms with Crippen LogP contribution in [-0.2, 0) is 11.3 Å². The molecule has 4 aromatic rings. The first-order chi connectivity index (χ1) is 15.2. The molecule has 0 radical (unpaired) electrons. The molecule has 5 heteroatoms. The Bertz CT molecular complexity index is 1260. The topological polar surface area (TPSA) is 52.5 Å². The van der Waals surface area contributed by atoms with Gasteiger partial charge in [-0.25, -0.2) is 0 Å². The third-order valence-corrected chi connectivity index (χ3v) is 5.98. The summed E-state index contributed by atoms with van der Waals surface area (Å²) in [6.45, 7) is 0.771. The van der Waals surface area contributed by atoms with Crippen molar-refractivity contribution < 1.29 is 14.3 Å². The molecule has 0 spiro atoms. The number of hydrogen-bond acceptors (Lipinski definition) is 3. The standard InChI is InChI=1S/C26H24N2O3/c1-30-23-12-11-18(13-24(23)31-2)19-14-25(29)27-21-9-6-10-22-26(21)20(19)16-28(22)15-17-7-4-3-5-8-17/h3-13,16,19H,14-15H2,1-2H3,(H,27,29)/t19-/m0/s1. The van der Waals surface area contributed by atoms with Gasteiger partial charge in [-0.3, -0.25) is 4.79 Å². The number of anilines is 1. The number of methoxy groups -OCH3 is 2. The van der Waals surface area contributed by atoms with Crippen LogP contribution in [0, 0.1) is 0 Å². The minimum Gasteiger partial charge on any atom is -0.493 e. The Morgan fingerprint density at radius 2 is 1.77 bits per heavy atom. The number of ether oxygens (including phenoxy) is 2. The SMILES string of the molecule is COc1ccc([C@@H]2CC(=O)Nc3cccc4c3c2cn4Cc2ccccc2)cc1OC. The zero-order chi connectivity index (χ0) is 21.4. The number of nitrogens with zero attached hydrogens (tertiary/aromatic N) is 1. The molecular formula is C26H24N2O3. The summed E-state index contributed by atoms with van der Waals surface area (Å²) in [5.74, 6) is 1.27. The van der Waals surface area contributed by atoms with E-state index in [4.69, 9.17) is 9.47 Å². The van der Waals surface area contributed by atoms with Crippen molar-refractivity contribution in [3.63, 3.8) is 0 Å². The van der Waals surface area contributed by atoms with Gasteiger partial charge in [-0.1, -0.05) is 42.5 Å². The first-order valence-corrected chi connectivity index (χ1v) is 10.4. The Morgan fingerprint density at radius 1 is 0.968 bits per heavy atom. The first-order valence-electron chi connectivity index (χ1n) is 10.4. The summed E-state index contributed by atoms with van der Waals surface area (Å²) in [5, 5.41) is 4.21. The van der Waals surface area contributed by atoms with E-state index >= 15 is 0 Å². The molecule has 31 heavy (non-hydrogen) atoms. The Kier molecular flexibility index (Phi) is 4.86. The van der Waals surface area contributed by atoms with Crippen molar-refractivity contribution in [2.24, 2.45) is 0 Å². The smallest absolute Gasteiger partial charge is 0.225 e. The molecule has 3 aromatic carbocycles. The van der Waals surface area contributed by atoms with Gasteiger partial charge in [-0.15, -0.1) is 0 Å². The van der Waals surface area contributed by atoms with E-state index in [0.717, 1.165) is 34.3 Å². The van der Waals surface area contributed by atoms with Crippen LogP contribution in [0.5, 0.6) is 11.5 Å². The molecule has 1 N–H and O–H groups in total. The van der Waals surface area contributed by atoms with Crippen LogP contribution in [0.4, 0.5) is 5.69 Å². The highest BCUT2D eigenvalue weighted by molar-refractivity contribution is 6.06. The van der Waals surface area contributed by atoms with Crippen LogP contribution in [0.25, 0.3) is 10.9 Å². The van der Waals surface area contributed by atoms with Crippen molar-refractivity contribution in [3.05, 3.63) is 89.6 Å². The number of nitrogens with one attached hydrogen (secondary N) is 1. The van der Waals surface area contributed by atoms with E-state index in [9.17, 15) is 4.79 Å². The quantitative estimate of drug-likeness (QED) is 0.491. The molecule has 0 saturated carbocycles. The summed E-state index contributed by atoms with van der Waals surface area (Å²) < 4.78 is 13.2. The number of hydrogen-bond donors (Lipinski definition) is 1. The Morgan fingerprint density at radius 3 is 2.55 bits per heavy atom. The second-order valence-electron chi connectivity index (χ2n) is 7.82. The summed E-state index contributed by atoms with van der Waals surface area (Å²) in [4.78, 5) is 12.8. The molecule has 0 saturated heterocycles. The van der Waals surface area contributed by atoms with Crippen molar-refractivity contribution in [2.45, 2.75) is 18.9 Å². The average molecular weight is 412 g/mol. The minimum absolute atomic E-state index is 0.0121. The Labute approximate surface area is 181 Å². The van der Waals surface area contributed by atoms with Crippen molar-refractivity contribution >= 4 is 22.5 Å². The van der Waals surface area contributed by atoms with Crippen molar-refractivity contribution in [1.29, 1.82) is 0 Å². The summed E-state index contributed by atoms with van der Waals surface area (Å²) in [6.07, 6.45) is 2.57. The van der Waals surface area contributed by atoms with Crippen molar-refractivity contribution in [2.75, 3.05) is 19.5 Å². The van der Waals surface area contributed by atoms with Crippen molar-refractivity contribution in [3.8, 4) is 11.5 Å². The van der Waals surface area contributed by atoms with E-state index in [-0.39, 0.29) is 11.8 Å². The average Bonchev–Trinajstić information content (AvgIpc) is 3.09. The second-order valence-corrected chi connectivity index (χ2v) is 7.82. The molecule has 1 amide bonds. The number of carbonyl (C=O) groups is 1. The summed E-state index contributed by atoms with van der Waals surface area (Å²) in [5.41, 5.74) is 5.40. The number of benzene rings is 3. The molecule has 1 atom stereocenters. The lowest BCUT2D eigenvalue weighted by molar-refractivity contribution is -0.116. The fourth-order valence-corrected chi connectivity index (χ4v) is 4.53. The van der Waals surface area contributed by atoms with Gasteiger partial charge in [0, 0.05) is 30.5 Å². The van der Waals surface area contributed by atoms with Gasteiger partial charge in [0.15, 0.2) is 11.5 Å². The Hall–Kier alpha value is -3.73. The van der Waals surface area contributed by atoms with Crippen LogP contribution >= 0.6 is 0 Å². The third-order valence-electron chi connectivity index (χ3n) is 5.98. The molecule has 5 nitrogen and oxygen atoms in total. The molecule has 5 rings (SSSR count). The van der Waals surface area contributed by atoms with Crippen LogP contribution in [0.1, 0.15) is 29.0 Å². The number of amides is 1. The van der Waals surface area contributed by atoms with Crippen LogP contribution in [0.2, 0.25) is 0 Å². The molecule has 0 aliphatic carbocycles. The number of carbonyl (C=O) groups excluding carboxylic acids is 1. The van der Waals surface area contributed by atoms with Gasteiger partial charge >= 0.3 is 0 Å². The number of rotatable bonds is 5. The third kappa shape index (κ3) is 3.42. The van der Waals surface area contributed by atoms with Crippen LogP contribution in [0.15, 0.2) is 72.9 Å². The molecule has 1 aliphatic rings. The molecule has 0 unspecified atom stereocenters. The van der Waals surface area contributed by atoms with E-state index in [1.807, 2.05) is 36.4 Å². The summed E-state index contributed by atoms with van der Waals surface area (Å²) in [6, 6.07) is 22.4. The van der Waals surface area contributed by atoms with Gasteiger partial charge < -0.3 is 19.4 Å². The molecule has 0 bridgehead atoms. The monoisotopic (exact) mass is 412 g/mol. The predicted octanol–water partition coefficient (Wildman–Crippen LogP) is 5.18. The molecule has 2 heterocycles. The summed E-state index contributed by atoms with van der Waals surface area (Å²) in [7, 11) is 3.26. The van der Waals surface area contributed by atoms with Crippen LogP contribution in [-0.4, -0.2) is 24.7 Å². The summed E-state index contributed by atoms with van der Waals surface area (Å²) >= 11 is 0. The van der Waals surface area contributed by atoms with E-state index in [2.05, 4.69) is 46.4 Å². The van der Waals surface area contributed by atoms with E-state index in [1.165, 1.54) is 5.56 Å². The van der Waals surface area contributed by atoms with E-state index in [0.29, 0.717) is 17.9 Å².